The lowest BCUT2D eigenvalue weighted by atomic mass is 10.3. The molecule has 2 aromatic carbocycles. The summed E-state index contributed by atoms with van der Waals surface area (Å²) in [5.74, 6) is -4.08. The zero-order valence-corrected chi connectivity index (χ0v) is 18.6. The van der Waals surface area contributed by atoms with Gasteiger partial charge in [-0.2, -0.15) is 4.99 Å². The molecule has 0 radical (unpaired) electrons. The Kier molecular flexibility index (Phi) is 7.04. The van der Waals surface area contributed by atoms with E-state index in [-0.39, 0.29) is 26.5 Å². The summed E-state index contributed by atoms with van der Waals surface area (Å²) in [6, 6.07) is 7.12. The summed E-state index contributed by atoms with van der Waals surface area (Å²) >= 11 is 0.744. The van der Waals surface area contributed by atoms with Gasteiger partial charge >= 0.3 is 5.97 Å². The van der Waals surface area contributed by atoms with Gasteiger partial charge in [-0.25, -0.2) is 17.2 Å². The van der Waals surface area contributed by atoms with Crippen molar-refractivity contribution in [3.05, 3.63) is 52.8 Å². The highest BCUT2D eigenvalue weighted by Crippen LogP contribution is 2.23. The van der Waals surface area contributed by atoms with E-state index in [9.17, 15) is 26.8 Å². The van der Waals surface area contributed by atoms with Crippen LogP contribution in [0.15, 0.2) is 46.3 Å². The summed E-state index contributed by atoms with van der Waals surface area (Å²) < 4.78 is 64.1. The van der Waals surface area contributed by atoms with E-state index in [4.69, 9.17) is 9.47 Å². The fourth-order valence-electron chi connectivity index (χ4n) is 2.86. The Hall–Kier alpha value is -3.12. The Bertz CT molecular complexity index is 1340. The first kappa shape index (κ1) is 23.5. The van der Waals surface area contributed by atoms with Crippen LogP contribution in [0.25, 0.3) is 10.2 Å². The Labute approximate surface area is 185 Å². The number of nitrogens with zero attached hydrogens (tertiary/aromatic N) is 2. The molecule has 12 heteroatoms. The van der Waals surface area contributed by atoms with E-state index in [1.807, 2.05) is 0 Å². The summed E-state index contributed by atoms with van der Waals surface area (Å²) in [6.45, 7) is 1.17. The van der Waals surface area contributed by atoms with Crippen LogP contribution in [0.1, 0.15) is 6.92 Å². The van der Waals surface area contributed by atoms with Crippen molar-refractivity contribution in [3.8, 4) is 5.75 Å². The summed E-state index contributed by atoms with van der Waals surface area (Å²) in [6.07, 6.45) is 0. The van der Waals surface area contributed by atoms with Gasteiger partial charge in [-0.3, -0.25) is 9.59 Å². The fourth-order valence-corrected chi connectivity index (χ4v) is 5.06. The molecule has 0 fully saturated rings. The van der Waals surface area contributed by atoms with Gasteiger partial charge in [-0.15, -0.1) is 0 Å². The molecule has 3 rings (SSSR count). The summed E-state index contributed by atoms with van der Waals surface area (Å²) in [5.41, 5.74) is -0.144. The molecule has 0 unspecified atom stereocenters. The van der Waals surface area contributed by atoms with Crippen molar-refractivity contribution < 1.29 is 36.3 Å². The molecule has 0 aliphatic carbocycles. The lowest BCUT2D eigenvalue weighted by Crippen LogP contribution is -2.25. The van der Waals surface area contributed by atoms with Crippen molar-refractivity contribution in [2.45, 2.75) is 18.4 Å². The van der Waals surface area contributed by atoms with Crippen LogP contribution in [0.4, 0.5) is 8.78 Å². The third kappa shape index (κ3) is 5.19. The standard InChI is InChI=1S/C20H18F2N2O6S2/c1-3-30-18(26)10-24-19-15(22)8-12(21)9-16(19)31-20(24)23-17(25)11-32(27,28)14-6-4-13(29-2)5-7-14/h4-9H,3,10-11H2,1-2H3. The number of esters is 1. The van der Waals surface area contributed by atoms with Gasteiger partial charge < -0.3 is 14.0 Å². The molecule has 0 saturated carbocycles. The van der Waals surface area contributed by atoms with Crippen LogP contribution in [0.3, 0.4) is 0 Å². The molecule has 0 spiro atoms. The Balaban J connectivity index is 2.01. The molecule has 0 N–H and O–H groups in total. The Morgan fingerprint density at radius 3 is 2.47 bits per heavy atom. The zero-order chi connectivity index (χ0) is 23.5. The number of thiazole rings is 1. The number of benzene rings is 2. The van der Waals surface area contributed by atoms with Gasteiger partial charge in [0.1, 0.15) is 23.9 Å². The molecule has 3 aromatic rings. The minimum absolute atomic E-state index is 0.0735. The van der Waals surface area contributed by atoms with Gasteiger partial charge in [-0.1, -0.05) is 11.3 Å². The van der Waals surface area contributed by atoms with E-state index in [0.29, 0.717) is 11.8 Å². The minimum atomic E-state index is -4.02. The van der Waals surface area contributed by atoms with Crippen LogP contribution >= 0.6 is 11.3 Å². The van der Waals surface area contributed by atoms with Gasteiger partial charge in [-0.05, 0) is 37.3 Å². The number of hydrogen-bond acceptors (Lipinski definition) is 7. The maximum atomic E-state index is 14.4. The molecule has 0 aliphatic rings. The van der Waals surface area contributed by atoms with Crippen LogP contribution in [0, 0.1) is 11.6 Å². The molecule has 1 aromatic heterocycles. The first-order chi connectivity index (χ1) is 15.1. The third-order valence-electron chi connectivity index (χ3n) is 4.24. The van der Waals surface area contributed by atoms with Gasteiger partial charge in [0, 0.05) is 6.07 Å². The largest absolute Gasteiger partial charge is 0.497 e. The van der Waals surface area contributed by atoms with E-state index in [0.717, 1.165) is 22.0 Å². The van der Waals surface area contributed by atoms with Crippen LogP contribution in [0.2, 0.25) is 0 Å². The first-order valence-electron chi connectivity index (χ1n) is 9.23. The fraction of sp³-hybridized carbons (Fsp3) is 0.250. The number of sulfone groups is 1. The summed E-state index contributed by atoms with van der Waals surface area (Å²) in [5, 5.41) is 0. The molecular weight excluding hydrogens is 466 g/mol. The maximum absolute atomic E-state index is 14.4. The van der Waals surface area contributed by atoms with E-state index >= 15 is 0 Å². The maximum Gasteiger partial charge on any atom is 0.326 e. The van der Waals surface area contributed by atoms with Crippen molar-refractivity contribution in [2.75, 3.05) is 19.5 Å². The SMILES string of the molecule is CCOC(=O)Cn1c(=NC(=O)CS(=O)(=O)c2ccc(OC)cc2)sc2cc(F)cc(F)c21. The second kappa shape index (κ2) is 9.57. The Morgan fingerprint density at radius 1 is 1.16 bits per heavy atom. The van der Waals surface area contributed by atoms with Crippen molar-refractivity contribution in [1.29, 1.82) is 0 Å². The molecule has 0 bridgehead atoms. The molecule has 0 aliphatic heterocycles. The third-order valence-corrected chi connectivity index (χ3v) is 6.88. The topological polar surface area (TPSA) is 104 Å². The number of carbonyl (C=O) groups excluding carboxylic acids is 2. The average molecular weight is 485 g/mol. The van der Waals surface area contributed by atoms with Crippen LogP contribution in [0.5, 0.6) is 5.75 Å². The number of carbonyl (C=O) groups is 2. The van der Waals surface area contributed by atoms with Gasteiger partial charge in [0.05, 0.1) is 28.8 Å². The summed E-state index contributed by atoms with van der Waals surface area (Å²) in [7, 11) is -2.60. The second-order valence-electron chi connectivity index (χ2n) is 6.45. The van der Waals surface area contributed by atoms with Gasteiger partial charge in [0.25, 0.3) is 5.91 Å². The number of fused-ring (bicyclic) bond motifs is 1. The molecular formula is C20H18F2N2O6S2. The molecule has 1 amide bonds. The highest BCUT2D eigenvalue weighted by atomic mass is 32.2. The monoisotopic (exact) mass is 484 g/mol. The number of halogens is 2. The molecule has 32 heavy (non-hydrogen) atoms. The normalized spacial score (nSPS) is 12.2. The number of aromatic nitrogens is 1. The Morgan fingerprint density at radius 2 is 1.84 bits per heavy atom. The van der Waals surface area contributed by atoms with Crippen LogP contribution in [-0.4, -0.2) is 44.3 Å². The molecule has 0 saturated heterocycles. The van der Waals surface area contributed by atoms with E-state index < -0.39 is 45.6 Å². The van der Waals surface area contributed by atoms with Crippen LogP contribution < -0.4 is 9.54 Å². The van der Waals surface area contributed by atoms with Crippen molar-refractivity contribution in [2.24, 2.45) is 4.99 Å². The van der Waals surface area contributed by atoms with Crippen LogP contribution in [-0.2, 0) is 30.7 Å². The predicted octanol–water partition coefficient (Wildman–Crippen LogP) is 2.45. The van der Waals surface area contributed by atoms with E-state index in [2.05, 4.69) is 4.99 Å². The number of ether oxygens (including phenoxy) is 2. The predicted molar refractivity (Wildman–Crippen MR) is 112 cm³/mol. The number of rotatable bonds is 7. The lowest BCUT2D eigenvalue weighted by molar-refractivity contribution is -0.143. The van der Waals surface area contributed by atoms with E-state index in [1.165, 1.54) is 31.4 Å². The minimum Gasteiger partial charge on any atom is -0.497 e. The first-order valence-corrected chi connectivity index (χ1v) is 11.7. The molecule has 170 valence electrons. The van der Waals surface area contributed by atoms with Crippen molar-refractivity contribution in [3.63, 3.8) is 0 Å². The van der Waals surface area contributed by atoms with Gasteiger partial charge in [0.15, 0.2) is 20.5 Å². The lowest BCUT2D eigenvalue weighted by Gasteiger charge is -2.06. The van der Waals surface area contributed by atoms with Gasteiger partial charge in [0.2, 0.25) is 0 Å². The molecule has 1 heterocycles. The zero-order valence-electron chi connectivity index (χ0n) is 17.0. The summed E-state index contributed by atoms with van der Waals surface area (Å²) in [4.78, 5) is 27.9. The molecule has 0 atom stereocenters. The average Bonchev–Trinajstić information content (AvgIpc) is 3.04. The smallest absolute Gasteiger partial charge is 0.326 e. The number of hydrogen-bond donors (Lipinski definition) is 0. The highest BCUT2D eigenvalue weighted by Gasteiger charge is 2.21. The second-order valence-corrected chi connectivity index (χ2v) is 9.45. The van der Waals surface area contributed by atoms with E-state index in [1.54, 1.807) is 6.92 Å². The molecule has 8 nitrogen and oxygen atoms in total. The van der Waals surface area contributed by atoms with Crippen molar-refractivity contribution >= 4 is 43.3 Å². The van der Waals surface area contributed by atoms with Crippen molar-refractivity contribution in [1.82, 2.24) is 4.57 Å². The number of methoxy groups -OCH3 is 1. The highest BCUT2D eigenvalue weighted by molar-refractivity contribution is 7.92. The number of amides is 1. The quantitative estimate of drug-likeness (QED) is 0.477.